The third-order valence-corrected chi connectivity index (χ3v) is 4.18. The van der Waals surface area contributed by atoms with Crippen LogP contribution in [0.5, 0.6) is 0 Å². The summed E-state index contributed by atoms with van der Waals surface area (Å²) in [4.78, 5) is 0. The average Bonchev–Trinajstić information content (AvgIpc) is 2.65. The van der Waals surface area contributed by atoms with E-state index in [0.717, 1.165) is 6.07 Å². The third-order valence-electron chi connectivity index (χ3n) is 3.03. The first-order chi connectivity index (χ1) is 9.25. The van der Waals surface area contributed by atoms with Gasteiger partial charge in [0.05, 0.1) is 27.1 Å². The first-order valence-corrected chi connectivity index (χ1v) is 6.67. The number of rotatable bonds is 2. The van der Waals surface area contributed by atoms with Crippen molar-refractivity contribution in [2.75, 3.05) is 0 Å². The van der Waals surface area contributed by atoms with Crippen molar-refractivity contribution in [2.45, 2.75) is 26.6 Å². The van der Waals surface area contributed by atoms with Crippen molar-refractivity contribution in [1.82, 2.24) is 9.78 Å². The van der Waals surface area contributed by atoms with Gasteiger partial charge < -0.3 is 5.73 Å². The second kappa shape index (κ2) is 5.21. The third kappa shape index (κ3) is 2.60. The number of nitrogens with two attached hydrogens (primary N) is 1. The van der Waals surface area contributed by atoms with E-state index in [-0.39, 0.29) is 12.2 Å². The summed E-state index contributed by atoms with van der Waals surface area (Å²) in [5, 5.41) is 4.15. The van der Waals surface area contributed by atoms with Gasteiger partial charge >= 0.3 is 6.18 Å². The lowest BCUT2D eigenvalue weighted by Gasteiger charge is -2.15. The van der Waals surface area contributed by atoms with E-state index in [0.29, 0.717) is 21.4 Å². The number of aryl methyl sites for hydroxylation is 1. The van der Waals surface area contributed by atoms with Crippen LogP contribution < -0.4 is 5.73 Å². The molecule has 0 aliphatic carbocycles. The van der Waals surface area contributed by atoms with Crippen LogP contribution in [-0.4, -0.2) is 9.78 Å². The number of halogens is 4. The Balaban J connectivity index is 2.70. The molecular weight excluding hydrogens is 335 g/mol. The van der Waals surface area contributed by atoms with Crippen molar-refractivity contribution in [2.24, 2.45) is 5.73 Å². The van der Waals surface area contributed by atoms with Crippen molar-refractivity contribution < 1.29 is 13.2 Å². The molecular formula is C13H13BrF3N3. The summed E-state index contributed by atoms with van der Waals surface area (Å²) in [6, 6.07) is 4.05. The molecule has 0 unspecified atom stereocenters. The maximum Gasteiger partial charge on any atom is 0.418 e. The molecule has 0 amide bonds. The summed E-state index contributed by atoms with van der Waals surface area (Å²) in [6.45, 7) is 3.50. The lowest BCUT2D eigenvalue weighted by Crippen LogP contribution is -2.13. The van der Waals surface area contributed by atoms with Gasteiger partial charge in [0.15, 0.2) is 0 Å². The molecule has 1 aromatic carbocycles. The Hall–Kier alpha value is -1.34. The molecule has 2 aromatic rings. The second-order valence-corrected chi connectivity index (χ2v) is 5.24. The molecule has 1 aromatic heterocycles. The van der Waals surface area contributed by atoms with E-state index in [2.05, 4.69) is 21.0 Å². The zero-order valence-electron chi connectivity index (χ0n) is 10.9. The molecule has 7 heteroatoms. The number of hydrogen-bond acceptors (Lipinski definition) is 2. The second-order valence-electron chi connectivity index (χ2n) is 4.45. The molecule has 20 heavy (non-hydrogen) atoms. The van der Waals surface area contributed by atoms with E-state index >= 15 is 0 Å². The SMILES string of the molecule is Cc1nn(-c2ccc(CN)cc2C(F)(F)F)c(C)c1Br. The zero-order chi connectivity index (χ0) is 15.1. The molecule has 3 nitrogen and oxygen atoms in total. The summed E-state index contributed by atoms with van der Waals surface area (Å²) in [5.41, 5.74) is 6.36. The highest BCUT2D eigenvalue weighted by Gasteiger charge is 2.35. The van der Waals surface area contributed by atoms with Crippen LogP contribution in [-0.2, 0) is 12.7 Å². The van der Waals surface area contributed by atoms with Crippen LogP contribution in [0.25, 0.3) is 5.69 Å². The monoisotopic (exact) mass is 347 g/mol. The Morgan fingerprint density at radius 1 is 1.30 bits per heavy atom. The van der Waals surface area contributed by atoms with Gasteiger partial charge in [0.1, 0.15) is 0 Å². The van der Waals surface area contributed by atoms with Gasteiger partial charge in [-0.05, 0) is 47.5 Å². The van der Waals surface area contributed by atoms with Gasteiger partial charge in [0.2, 0.25) is 0 Å². The van der Waals surface area contributed by atoms with Crippen molar-refractivity contribution in [3.8, 4) is 5.69 Å². The summed E-state index contributed by atoms with van der Waals surface area (Å²) in [5.74, 6) is 0. The van der Waals surface area contributed by atoms with Crippen LogP contribution in [0, 0.1) is 13.8 Å². The van der Waals surface area contributed by atoms with Gasteiger partial charge in [-0.2, -0.15) is 18.3 Å². The smallest absolute Gasteiger partial charge is 0.326 e. The number of nitrogens with zero attached hydrogens (tertiary/aromatic N) is 2. The fourth-order valence-corrected chi connectivity index (χ4v) is 2.23. The van der Waals surface area contributed by atoms with E-state index in [1.165, 1.54) is 10.7 Å². The van der Waals surface area contributed by atoms with Gasteiger partial charge in [-0.1, -0.05) is 6.07 Å². The minimum absolute atomic E-state index is 0.000926. The van der Waals surface area contributed by atoms with Crippen LogP contribution in [0.4, 0.5) is 13.2 Å². The summed E-state index contributed by atoms with van der Waals surface area (Å²) < 4.78 is 41.6. The quantitative estimate of drug-likeness (QED) is 0.899. The van der Waals surface area contributed by atoms with Crippen LogP contribution >= 0.6 is 15.9 Å². The Morgan fingerprint density at radius 2 is 1.95 bits per heavy atom. The fraction of sp³-hybridized carbons (Fsp3) is 0.308. The van der Waals surface area contributed by atoms with E-state index < -0.39 is 11.7 Å². The zero-order valence-corrected chi connectivity index (χ0v) is 12.5. The normalized spacial score (nSPS) is 11.9. The molecule has 2 N–H and O–H groups in total. The van der Waals surface area contributed by atoms with E-state index in [1.807, 2.05) is 0 Å². The minimum Gasteiger partial charge on any atom is -0.326 e. The summed E-state index contributed by atoms with van der Waals surface area (Å²) in [6.07, 6.45) is -4.46. The Labute approximate surface area is 122 Å². The molecule has 0 spiro atoms. The molecule has 2 rings (SSSR count). The van der Waals surface area contributed by atoms with Gasteiger partial charge in [0.25, 0.3) is 0 Å². The Kier molecular flexibility index (Phi) is 3.93. The van der Waals surface area contributed by atoms with Crippen LogP contribution in [0.15, 0.2) is 22.7 Å². The molecule has 0 atom stereocenters. The summed E-state index contributed by atoms with van der Waals surface area (Å²) >= 11 is 3.32. The van der Waals surface area contributed by atoms with Gasteiger partial charge in [-0.25, -0.2) is 4.68 Å². The standard InChI is InChI=1S/C13H13BrF3N3/c1-7-12(14)8(2)20(19-7)11-4-3-9(6-18)5-10(11)13(15,16)17/h3-5H,6,18H2,1-2H3. The molecule has 0 aliphatic rings. The lowest BCUT2D eigenvalue weighted by atomic mass is 10.1. The van der Waals surface area contributed by atoms with Crippen LogP contribution in [0.1, 0.15) is 22.5 Å². The Bertz CT molecular complexity index is 647. The predicted octanol–water partition coefficient (Wildman–Crippen LogP) is 3.73. The maximum atomic E-state index is 13.2. The molecule has 0 fully saturated rings. The minimum atomic E-state index is -4.46. The summed E-state index contributed by atoms with van der Waals surface area (Å²) in [7, 11) is 0. The molecule has 0 aliphatic heterocycles. The molecule has 0 saturated carbocycles. The number of benzene rings is 1. The lowest BCUT2D eigenvalue weighted by molar-refractivity contribution is -0.137. The molecule has 108 valence electrons. The molecule has 1 heterocycles. The van der Waals surface area contributed by atoms with E-state index in [4.69, 9.17) is 5.73 Å². The highest BCUT2D eigenvalue weighted by molar-refractivity contribution is 9.10. The predicted molar refractivity (Wildman–Crippen MR) is 73.6 cm³/mol. The maximum absolute atomic E-state index is 13.2. The van der Waals surface area contributed by atoms with Crippen LogP contribution in [0.3, 0.4) is 0 Å². The first-order valence-electron chi connectivity index (χ1n) is 5.88. The molecule has 0 saturated heterocycles. The largest absolute Gasteiger partial charge is 0.418 e. The fourth-order valence-electron chi connectivity index (χ4n) is 1.98. The number of hydrogen-bond donors (Lipinski definition) is 1. The topological polar surface area (TPSA) is 43.8 Å². The highest BCUT2D eigenvalue weighted by Crippen LogP contribution is 2.35. The highest BCUT2D eigenvalue weighted by atomic mass is 79.9. The van der Waals surface area contributed by atoms with Crippen molar-refractivity contribution in [1.29, 1.82) is 0 Å². The van der Waals surface area contributed by atoms with Crippen LogP contribution in [0.2, 0.25) is 0 Å². The van der Waals surface area contributed by atoms with E-state index in [1.54, 1.807) is 19.9 Å². The molecule has 0 bridgehead atoms. The number of alkyl halides is 3. The molecule has 0 radical (unpaired) electrons. The Morgan fingerprint density at radius 3 is 2.40 bits per heavy atom. The number of aromatic nitrogens is 2. The van der Waals surface area contributed by atoms with Gasteiger partial charge in [-0.15, -0.1) is 0 Å². The first kappa shape index (κ1) is 15.1. The van der Waals surface area contributed by atoms with Gasteiger partial charge in [-0.3, -0.25) is 0 Å². The van der Waals surface area contributed by atoms with Crippen molar-refractivity contribution >= 4 is 15.9 Å². The van der Waals surface area contributed by atoms with Gasteiger partial charge in [0, 0.05) is 6.54 Å². The average molecular weight is 348 g/mol. The van der Waals surface area contributed by atoms with E-state index in [9.17, 15) is 13.2 Å². The van der Waals surface area contributed by atoms with Crippen molar-refractivity contribution in [3.63, 3.8) is 0 Å². The van der Waals surface area contributed by atoms with Crippen molar-refractivity contribution in [3.05, 3.63) is 45.2 Å².